The van der Waals surface area contributed by atoms with Crippen LogP contribution < -0.4 is 5.32 Å². The molecule has 2 aliphatic rings. The van der Waals surface area contributed by atoms with Gasteiger partial charge in [0.25, 0.3) is 0 Å². The van der Waals surface area contributed by atoms with Crippen molar-refractivity contribution in [2.24, 2.45) is 5.92 Å². The lowest BCUT2D eigenvalue weighted by Crippen LogP contribution is -2.47. The standard InChI is InChI=1S/C19H25N3O3S/c20-13-15-7-4-5-11-18(15)26(24,25)22-12-6-8-16(14-22)19(23)21-17-9-2-1-3-10-17/h4-5,7,11,16-17H,1-3,6,8-10,12,14H2,(H,21,23). The molecule has 1 atom stereocenters. The van der Waals surface area contributed by atoms with E-state index in [1.165, 1.54) is 22.9 Å². The van der Waals surface area contributed by atoms with E-state index in [-0.39, 0.29) is 34.9 Å². The molecule has 1 aromatic carbocycles. The molecule has 26 heavy (non-hydrogen) atoms. The molecule has 0 aromatic heterocycles. The lowest BCUT2D eigenvalue weighted by molar-refractivity contribution is -0.127. The molecular formula is C19H25N3O3S. The summed E-state index contributed by atoms with van der Waals surface area (Å²) in [6.07, 6.45) is 6.87. The number of nitrogens with one attached hydrogen (secondary N) is 1. The Morgan fingerprint density at radius 3 is 2.58 bits per heavy atom. The molecule has 6 nitrogen and oxygen atoms in total. The Morgan fingerprint density at radius 1 is 1.12 bits per heavy atom. The zero-order valence-corrected chi connectivity index (χ0v) is 15.7. The highest BCUT2D eigenvalue weighted by Gasteiger charge is 2.35. The molecule has 0 radical (unpaired) electrons. The molecule has 1 aliphatic heterocycles. The number of hydrogen-bond donors (Lipinski definition) is 1. The van der Waals surface area contributed by atoms with Crippen molar-refractivity contribution in [1.29, 1.82) is 5.26 Å². The van der Waals surface area contributed by atoms with Crippen molar-refractivity contribution in [1.82, 2.24) is 9.62 Å². The summed E-state index contributed by atoms with van der Waals surface area (Å²) in [5.74, 6) is -0.361. The fourth-order valence-corrected chi connectivity index (χ4v) is 5.53. The first kappa shape index (κ1) is 18.9. The number of sulfonamides is 1. The van der Waals surface area contributed by atoms with Crippen LogP contribution >= 0.6 is 0 Å². The van der Waals surface area contributed by atoms with E-state index < -0.39 is 10.0 Å². The van der Waals surface area contributed by atoms with Gasteiger partial charge in [-0.15, -0.1) is 0 Å². The third-order valence-corrected chi connectivity index (χ3v) is 7.26. The Morgan fingerprint density at radius 2 is 1.85 bits per heavy atom. The van der Waals surface area contributed by atoms with Gasteiger partial charge in [-0.3, -0.25) is 4.79 Å². The second-order valence-electron chi connectivity index (χ2n) is 7.15. The van der Waals surface area contributed by atoms with Crippen molar-refractivity contribution in [3.63, 3.8) is 0 Å². The molecule has 1 saturated heterocycles. The number of nitriles is 1. The van der Waals surface area contributed by atoms with Crippen LogP contribution in [0.15, 0.2) is 29.2 Å². The highest BCUT2D eigenvalue weighted by molar-refractivity contribution is 7.89. The van der Waals surface area contributed by atoms with Crippen molar-refractivity contribution in [3.05, 3.63) is 29.8 Å². The summed E-state index contributed by atoms with van der Waals surface area (Å²) in [4.78, 5) is 12.6. The molecule has 1 amide bonds. The molecule has 1 heterocycles. The molecule has 1 aromatic rings. The minimum atomic E-state index is -3.77. The monoisotopic (exact) mass is 375 g/mol. The van der Waals surface area contributed by atoms with Gasteiger partial charge in [0.15, 0.2) is 0 Å². The first-order valence-corrected chi connectivity index (χ1v) is 10.8. The van der Waals surface area contributed by atoms with E-state index >= 15 is 0 Å². The van der Waals surface area contributed by atoms with Gasteiger partial charge in [0.05, 0.1) is 16.4 Å². The third kappa shape index (κ3) is 4.08. The summed E-state index contributed by atoms with van der Waals surface area (Å²) in [5.41, 5.74) is 0.140. The molecule has 140 valence electrons. The quantitative estimate of drug-likeness (QED) is 0.875. The van der Waals surface area contributed by atoms with Gasteiger partial charge in [0.1, 0.15) is 6.07 Å². The van der Waals surface area contributed by atoms with E-state index in [2.05, 4.69) is 5.32 Å². The van der Waals surface area contributed by atoms with Crippen LogP contribution in [0.1, 0.15) is 50.5 Å². The fraction of sp³-hybridized carbons (Fsp3) is 0.579. The minimum Gasteiger partial charge on any atom is -0.353 e. The van der Waals surface area contributed by atoms with Gasteiger partial charge in [0.2, 0.25) is 15.9 Å². The van der Waals surface area contributed by atoms with E-state index in [1.54, 1.807) is 12.1 Å². The third-order valence-electron chi connectivity index (χ3n) is 5.33. The minimum absolute atomic E-state index is 0.0239. The average Bonchev–Trinajstić information content (AvgIpc) is 2.68. The topological polar surface area (TPSA) is 90.3 Å². The lowest BCUT2D eigenvalue weighted by atomic mass is 9.93. The zero-order valence-electron chi connectivity index (χ0n) is 14.9. The van der Waals surface area contributed by atoms with Crippen LogP contribution in [0.2, 0.25) is 0 Å². The maximum Gasteiger partial charge on any atom is 0.244 e. The molecule has 1 N–H and O–H groups in total. The SMILES string of the molecule is N#Cc1ccccc1S(=O)(=O)N1CCCC(C(=O)NC2CCCCC2)C1. The Kier molecular flexibility index (Phi) is 5.94. The van der Waals surface area contributed by atoms with Crippen LogP contribution in [-0.4, -0.2) is 37.8 Å². The number of rotatable bonds is 4. The maximum atomic E-state index is 13.0. The number of hydrogen-bond acceptors (Lipinski definition) is 4. The normalized spacial score (nSPS) is 22.5. The van der Waals surface area contributed by atoms with Gasteiger partial charge in [-0.1, -0.05) is 31.4 Å². The van der Waals surface area contributed by atoms with Crippen LogP contribution in [0.3, 0.4) is 0 Å². The van der Waals surface area contributed by atoms with Crippen LogP contribution in [0.5, 0.6) is 0 Å². The van der Waals surface area contributed by atoms with Crippen LogP contribution in [0, 0.1) is 17.2 Å². The molecule has 1 saturated carbocycles. The second kappa shape index (κ2) is 8.19. The van der Waals surface area contributed by atoms with Gasteiger partial charge in [-0.25, -0.2) is 8.42 Å². The molecular weight excluding hydrogens is 350 g/mol. The first-order valence-electron chi connectivity index (χ1n) is 9.32. The van der Waals surface area contributed by atoms with E-state index in [9.17, 15) is 18.5 Å². The number of amides is 1. The lowest BCUT2D eigenvalue weighted by Gasteiger charge is -2.33. The first-order chi connectivity index (χ1) is 12.5. The Labute approximate surface area is 155 Å². The largest absolute Gasteiger partial charge is 0.353 e. The van der Waals surface area contributed by atoms with Gasteiger partial charge in [0, 0.05) is 19.1 Å². The summed E-state index contributed by atoms with van der Waals surface area (Å²) in [6.45, 7) is 0.565. The molecule has 2 fully saturated rings. The highest BCUT2D eigenvalue weighted by atomic mass is 32.2. The van der Waals surface area contributed by atoms with E-state index in [0.717, 1.165) is 25.7 Å². The predicted molar refractivity (Wildman–Crippen MR) is 97.7 cm³/mol. The van der Waals surface area contributed by atoms with Gasteiger partial charge in [-0.2, -0.15) is 9.57 Å². The van der Waals surface area contributed by atoms with Crippen LogP contribution in [0.4, 0.5) is 0 Å². The molecule has 0 bridgehead atoms. The predicted octanol–water partition coefficient (Wildman–Crippen LogP) is 2.41. The van der Waals surface area contributed by atoms with Crippen molar-refractivity contribution >= 4 is 15.9 Å². The van der Waals surface area contributed by atoms with Crippen LogP contribution in [-0.2, 0) is 14.8 Å². The smallest absolute Gasteiger partial charge is 0.244 e. The van der Waals surface area contributed by atoms with Crippen molar-refractivity contribution < 1.29 is 13.2 Å². The van der Waals surface area contributed by atoms with E-state index in [1.807, 2.05) is 6.07 Å². The van der Waals surface area contributed by atoms with Gasteiger partial charge in [-0.05, 0) is 37.8 Å². The molecule has 7 heteroatoms. The maximum absolute atomic E-state index is 13.0. The molecule has 3 rings (SSSR count). The highest BCUT2D eigenvalue weighted by Crippen LogP contribution is 2.26. The fourth-order valence-electron chi connectivity index (χ4n) is 3.86. The Balaban J connectivity index is 1.71. The number of piperidine rings is 1. The Hall–Kier alpha value is -1.91. The molecule has 0 spiro atoms. The summed E-state index contributed by atoms with van der Waals surface area (Å²) in [6, 6.07) is 8.39. The van der Waals surface area contributed by atoms with Crippen LogP contribution in [0.25, 0.3) is 0 Å². The van der Waals surface area contributed by atoms with Crippen molar-refractivity contribution in [2.75, 3.05) is 13.1 Å². The number of carbonyl (C=O) groups is 1. The zero-order chi connectivity index (χ0) is 18.6. The number of carbonyl (C=O) groups excluding carboxylic acids is 1. The van der Waals surface area contributed by atoms with Gasteiger partial charge < -0.3 is 5.32 Å². The molecule has 1 unspecified atom stereocenters. The summed E-state index contributed by atoms with van der Waals surface area (Å²) < 4.78 is 27.3. The van der Waals surface area contributed by atoms with Crippen molar-refractivity contribution in [3.8, 4) is 6.07 Å². The van der Waals surface area contributed by atoms with E-state index in [4.69, 9.17) is 0 Å². The number of benzene rings is 1. The second-order valence-corrected chi connectivity index (χ2v) is 9.06. The summed E-state index contributed by atoms with van der Waals surface area (Å²) in [7, 11) is -3.77. The van der Waals surface area contributed by atoms with Gasteiger partial charge >= 0.3 is 0 Å². The Bertz CT molecular complexity index is 794. The average molecular weight is 375 g/mol. The summed E-state index contributed by atoms with van der Waals surface area (Å²) >= 11 is 0. The van der Waals surface area contributed by atoms with Crippen molar-refractivity contribution in [2.45, 2.75) is 55.9 Å². The number of nitrogens with zero attached hydrogens (tertiary/aromatic N) is 2. The van der Waals surface area contributed by atoms with E-state index in [0.29, 0.717) is 19.4 Å². The summed E-state index contributed by atoms with van der Waals surface area (Å²) in [5, 5.41) is 12.3. The molecule has 1 aliphatic carbocycles.